The molecule has 0 aromatic rings. The van der Waals surface area contributed by atoms with E-state index in [9.17, 15) is 47.9 Å². The van der Waals surface area contributed by atoms with Crippen LogP contribution >= 0.6 is 0 Å². The third-order valence-corrected chi connectivity index (χ3v) is 22.9. The maximum Gasteiger partial charge on any atom is 0.407 e. The lowest BCUT2D eigenvalue weighted by Gasteiger charge is -2.28. The smallest absolute Gasteiger partial charge is 0.407 e. The molecule has 0 aromatic heterocycles. The molecule has 0 saturated heterocycles. The molecule has 0 radical (unpaired) electrons. The van der Waals surface area contributed by atoms with Crippen molar-refractivity contribution in [1.29, 1.82) is 0 Å². The van der Waals surface area contributed by atoms with Gasteiger partial charge in [0.1, 0.15) is 11.2 Å². The largest absolute Gasteiger partial charge is 0.481 e. The quantitative estimate of drug-likeness (QED) is 0.0169. The SMILES string of the molecule is CCCCCCC(CCCC)CCC(C)(C)OC(=O)NCCN(CCC(=O)NCCCCCC(=O)O)CCC(=O)NCCCCCC(=O)OCC(CCCC)CCCCCC.CCCCCCC(CCCC)COC(=O)CCCCCCNC(=O)CCN(CCNC(=O)OC(C)(C)C)CCC(=O)NCCCCCC(=O)OCC(CCCC)CCCCCC. The first-order valence-corrected chi connectivity index (χ1v) is 50.3. The number of amides is 6. The average Bonchev–Trinajstić information content (AvgIpc) is 0.904. The van der Waals surface area contributed by atoms with Crippen molar-refractivity contribution >= 4 is 59.7 Å². The molecule has 0 spiro atoms. The Morgan fingerprint density at radius 3 is 0.829 bits per heavy atom. The van der Waals surface area contributed by atoms with Crippen LogP contribution in [0.25, 0.3) is 0 Å². The number of alkyl carbamates (subject to hydrolysis) is 2. The van der Waals surface area contributed by atoms with E-state index in [0.29, 0.717) is 154 Å². The predicted molar refractivity (Wildman–Crippen MR) is 502 cm³/mol. The molecule has 722 valence electrons. The summed E-state index contributed by atoms with van der Waals surface area (Å²) in [5, 5.41) is 26.4. The first-order chi connectivity index (χ1) is 59.2. The van der Waals surface area contributed by atoms with Crippen molar-refractivity contribution in [3.05, 3.63) is 0 Å². The number of nitrogens with one attached hydrogen (secondary N) is 6. The number of esters is 3. The molecule has 123 heavy (non-hydrogen) atoms. The fourth-order valence-electron chi connectivity index (χ4n) is 14.9. The van der Waals surface area contributed by atoms with Gasteiger partial charge in [-0.05, 0) is 161 Å². The van der Waals surface area contributed by atoms with Crippen LogP contribution in [-0.4, -0.2) is 184 Å². The second-order valence-electron chi connectivity index (χ2n) is 36.6. The van der Waals surface area contributed by atoms with Crippen molar-refractivity contribution in [3.8, 4) is 0 Å². The van der Waals surface area contributed by atoms with Gasteiger partial charge in [0.2, 0.25) is 23.6 Å². The van der Waals surface area contributed by atoms with Crippen molar-refractivity contribution < 1.29 is 76.7 Å². The number of carbonyl (C=O) groups is 10. The van der Waals surface area contributed by atoms with E-state index in [1.807, 2.05) is 44.4 Å². The Labute approximate surface area is 750 Å². The topological polar surface area (TPSA) is 316 Å². The Morgan fingerprint density at radius 1 is 0.268 bits per heavy atom. The lowest BCUT2D eigenvalue weighted by atomic mass is 9.87. The van der Waals surface area contributed by atoms with Crippen molar-refractivity contribution in [3.63, 3.8) is 0 Å². The summed E-state index contributed by atoms with van der Waals surface area (Å²) in [4.78, 5) is 128. The van der Waals surface area contributed by atoms with Gasteiger partial charge in [0, 0.05) is 130 Å². The molecular weight excluding hydrogens is 1560 g/mol. The Bertz CT molecular complexity index is 2590. The second-order valence-corrected chi connectivity index (χ2v) is 36.6. The minimum atomic E-state index is -0.813. The molecular formula is C99H190N8O16. The van der Waals surface area contributed by atoms with Crippen molar-refractivity contribution in [2.24, 2.45) is 23.7 Å². The summed E-state index contributed by atoms with van der Waals surface area (Å²) in [7, 11) is 0. The maximum absolute atomic E-state index is 12.9. The molecule has 0 aliphatic heterocycles. The van der Waals surface area contributed by atoms with Crippen molar-refractivity contribution in [1.82, 2.24) is 41.7 Å². The minimum absolute atomic E-state index is 0.0574. The van der Waals surface area contributed by atoms with Crippen LogP contribution < -0.4 is 31.9 Å². The Kier molecular flexibility index (Phi) is 81.8. The molecule has 4 atom stereocenters. The normalized spacial score (nSPS) is 12.5. The van der Waals surface area contributed by atoms with Gasteiger partial charge in [-0.25, -0.2) is 9.59 Å². The van der Waals surface area contributed by atoms with Crippen molar-refractivity contribution in [2.75, 3.05) is 98.4 Å². The molecule has 0 aliphatic carbocycles. The van der Waals surface area contributed by atoms with E-state index in [1.54, 1.807) is 0 Å². The zero-order valence-electron chi connectivity index (χ0n) is 81.3. The number of hydrogen-bond acceptors (Lipinski definition) is 17. The van der Waals surface area contributed by atoms with Crippen LogP contribution in [-0.2, 0) is 62.0 Å². The third kappa shape index (κ3) is 84.2. The number of aliphatic carboxylic acids is 1. The molecule has 0 rings (SSSR count). The van der Waals surface area contributed by atoms with Gasteiger partial charge in [-0.15, -0.1) is 0 Å². The van der Waals surface area contributed by atoms with E-state index in [-0.39, 0.29) is 73.6 Å². The molecule has 24 nitrogen and oxygen atoms in total. The van der Waals surface area contributed by atoms with Gasteiger partial charge in [0.05, 0.1) is 19.8 Å². The van der Waals surface area contributed by atoms with E-state index in [0.717, 1.165) is 141 Å². The van der Waals surface area contributed by atoms with Crippen LogP contribution in [0.1, 0.15) is 443 Å². The van der Waals surface area contributed by atoms with Crippen molar-refractivity contribution in [2.45, 2.75) is 454 Å². The number of carboxylic acids is 1. The summed E-state index contributed by atoms with van der Waals surface area (Å²) in [5.41, 5.74) is -1.19. The zero-order chi connectivity index (χ0) is 91.5. The van der Waals surface area contributed by atoms with Gasteiger partial charge in [0.25, 0.3) is 0 Å². The second kappa shape index (κ2) is 84.4. The van der Waals surface area contributed by atoms with E-state index in [4.69, 9.17) is 28.8 Å². The molecule has 6 amide bonds. The predicted octanol–water partition coefficient (Wildman–Crippen LogP) is 21.9. The average molecular weight is 1750 g/mol. The number of carbonyl (C=O) groups excluding carboxylic acids is 9. The van der Waals surface area contributed by atoms with Gasteiger partial charge in [-0.3, -0.25) is 38.4 Å². The molecule has 0 heterocycles. The summed E-state index contributed by atoms with van der Waals surface area (Å²) in [6.45, 7) is 34.1. The van der Waals surface area contributed by atoms with E-state index in [1.165, 1.54) is 148 Å². The highest BCUT2D eigenvalue weighted by molar-refractivity contribution is 5.78. The molecule has 0 aliphatic rings. The summed E-state index contributed by atoms with van der Waals surface area (Å²) in [5.74, 6) is 0.557. The van der Waals surface area contributed by atoms with E-state index < -0.39 is 29.4 Å². The third-order valence-electron chi connectivity index (χ3n) is 22.9. The lowest BCUT2D eigenvalue weighted by molar-refractivity contribution is -0.146. The van der Waals surface area contributed by atoms with Crippen LogP contribution in [0.4, 0.5) is 9.59 Å². The number of unbranched alkanes of at least 4 members (excludes halogenated alkanes) is 25. The van der Waals surface area contributed by atoms with E-state index >= 15 is 0 Å². The number of hydrogen-bond donors (Lipinski definition) is 7. The lowest BCUT2D eigenvalue weighted by Crippen LogP contribution is -2.41. The summed E-state index contributed by atoms with van der Waals surface area (Å²) in [6, 6.07) is 0. The molecule has 0 aromatic carbocycles. The summed E-state index contributed by atoms with van der Waals surface area (Å²) >= 11 is 0. The number of rotatable bonds is 85. The van der Waals surface area contributed by atoms with Crippen LogP contribution in [0.2, 0.25) is 0 Å². The molecule has 0 fully saturated rings. The van der Waals surface area contributed by atoms with Crippen LogP contribution in [0.5, 0.6) is 0 Å². The van der Waals surface area contributed by atoms with Gasteiger partial charge in [0.15, 0.2) is 0 Å². The monoisotopic (exact) mass is 1750 g/mol. The molecule has 7 N–H and O–H groups in total. The van der Waals surface area contributed by atoms with Gasteiger partial charge in [-0.2, -0.15) is 0 Å². The van der Waals surface area contributed by atoms with Gasteiger partial charge >= 0.3 is 36.1 Å². The fraction of sp³-hybridized carbons (Fsp3) is 0.899. The van der Waals surface area contributed by atoms with Crippen LogP contribution in [0, 0.1) is 23.7 Å². The minimum Gasteiger partial charge on any atom is -0.481 e. The highest BCUT2D eigenvalue weighted by atomic mass is 16.6. The maximum atomic E-state index is 12.9. The highest BCUT2D eigenvalue weighted by Crippen LogP contribution is 2.28. The van der Waals surface area contributed by atoms with Crippen LogP contribution in [0.15, 0.2) is 0 Å². The van der Waals surface area contributed by atoms with Crippen LogP contribution in [0.3, 0.4) is 0 Å². The van der Waals surface area contributed by atoms with Gasteiger partial charge in [-0.1, -0.05) is 254 Å². The standard InChI is InChI=1S/C50H96N4O8.C49H94N4O8/c1-8-12-16-21-29-43(27-14-10-3)41-60-47(57)31-23-18-19-25-35-51-45(55)33-38-54(40-37-53-49(59)62-50(5,6)7)39-34-46(56)52-36-26-20-24-32-48(58)61-42-44(28-15-11-4)30-22-17-13-9-2;1-7-11-15-19-27-42(25-13-9-3)31-34-49(5,6)61-48(59)52-37-40-53(38-32-44(54)50-35-23-17-21-29-46(56)57)39-33-45(55)51-36-24-18-22-30-47(58)60-41-43(26-14-10-4)28-20-16-12-8-2/h43-44H,8-42H2,1-7H3,(H,51,55)(H,52,56)(H,53,59);42-43H,7-41H2,1-6H3,(H,50,54)(H,51,55)(H,52,59)(H,56,57). The Morgan fingerprint density at radius 2 is 0.528 bits per heavy atom. The number of nitrogens with zero attached hydrogens (tertiary/aromatic N) is 2. The molecule has 0 saturated carbocycles. The zero-order valence-corrected chi connectivity index (χ0v) is 81.3. The van der Waals surface area contributed by atoms with E-state index in [2.05, 4.69) is 87.3 Å². The first-order valence-electron chi connectivity index (χ1n) is 50.3. The molecule has 4 unspecified atom stereocenters. The Hall–Kier alpha value is -5.78. The summed E-state index contributed by atoms with van der Waals surface area (Å²) < 4.78 is 28.2. The number of carboxylic acid groups (broad SMARTS) is 1. The Balaban J connectivity index is 0. The molecule has 0 bridgehead atoms. The highest BCUT2D eigenvalue weighted by Gasteiger charge is 2.26. The fourth-order valence-corrected chi connectivity index (χ4v) is 14.9. The van der Waals surface area contributed by atoms with Gasteiger partial charge < -0.3 is 70.5 Å². The first kappa shape index (κ1) is 119. The molecule has 24 heteroatoms. The summed E-state index contributed by atoms with van der Waals surface area (Å²) in [6.07, 6.45) is 52.0. The number of ether oxygens (including phenoxy) is 5.